The smallest absolute Gasteiger partial charge is 0.305 e. The molecule has 0 aliphatic heterocycles. The summed E-state index contributed by atoms with van der Waals surface area (Å²) in [6, 6.07) is 0. The van der Waals surface area contributed by atoms with Gasteiger partial charge in [-0.1, -0.05) is 56.9 Å². The van der Waals surface area contributed by atoms with Crippen LogP contribution in [0.25, 0.3) is 0 Å². The number of hydrogen-bond donors (Lipinski definition) is 0. The number of rotatable bonds is 13. The number of carbonyl (C=O) groups excluding carboxylic acids is 1. The summed E-state index contributed by atoms with van der Waals surface area (Å²) in [7, 11) is 1.45. The first-order valence-electron chi connectivity index (χ1n) is 8.18. The molecule has 0 heterocycles. The molecule has 2 heteroatoms. The fraction of sp³-hybridized carbons (Fsp3) is 0.722. The highest BCUT2D eigenvalue weighted by atomic mass is 16.5. The highest BCUT2D eigenvalue weighted by Gasteiger charge is 1.98. The molecule has 20 heavy (non-hydrogen) atoms. The van der Waals surface area contributed by atoms with Gasteiger partial charge in [-0.3, -0.25) is 4.79 Å². The molecule has 0 aromatic carbocycles. The zero-order valence-corrected chi connectivity index (χ0v) is 13.4. The lowest BCUT2D eigenvalue weighted by Gasteiger charge is -1.99. The number of ether oxygens (including phenoxy) is 1. The molecule has 0 unspecified atom stereocenters. The normalized spacial score (nSPS) is 11.5. The molecule has 0 aromatic rings. The minimum Gasteiger partial charge on any atom is -0.469 e. The highest BCUT2D eigenvalue weighted by Crippen LogP contribution is 2.07. The van der Waals surface area contributed by atoms with Crippen molar-refractivity contribution in [2.45, 2.75) is 77.6 Å². The third kappa shape index (κ3) is 15.0. The SMILES string of the molecule is CCCCC/C=C\C/C=C\CCCCCCC(=O)OC. The van der Waals surface area contributed by atoms with E-state index in [0.29, 0.717) is 6.42 Å². The summed E-state index contributed by atoms with van der Waals surface area (Å²) in [5.74, 6) is -0.0874. The molecule has 0 radical (unpaired) electrons. The minimum atomic E-state index is -0.0874. The van der Waals surface area contributed by atoms with Gasteiger partial charge in [-0.15, -0.1) is 0 Å². The van der Waals surface area contributed by atoms with Crippen LogP contribution in [0.1, 0.15) is 77.6 Å². The number of methoxy groups -OCH3 is 1. The van der Waals surface area contributed by atoms with Crippen molar-refractivity contribution in [3.63, 3.8) is 0 Å². The Kier molecular flexibility index (Phi) is 15.2. The fourth-order valence-electron chi connectivity index (χ4n) is 2.01. The van der Waals surface area contributed by atoms with Crippen LogP contribution in [0, 0.1) is 0 Å². The lowest BCUT2D eigenvalue weighted by atomic mass is 10.1. The van der Waals surface area contributed by atoms with Crippen molar-refractivity contribution in [3.8, 4) is 0 Å². The van der Waals surface area contributed by atoms with Gasteiger partial charge in [0.05, 0.1) is 7.11 Å². The zero-order chi connectivity index (χ0) is 14.9. The third-order valence-electron chi connectivity index (χ3n) is 3.31. The van der Waals surface area contributed by atoms with Gasteiger partial charge in [0.15, 0.2) is 0 Å². The lowest BCUT2D eigenvalue weighted by Crippen LogP contribution is -1.98. The maximum atomic E-state index is 10.9. The van der Waals surface area contributed by atoms with E-state index >= 15 is 0 Å². The molecule has 0 N–H and O–H groups in total. The van der Waals surface area contributed by atoms with Crippen molar-refractivity contribution < 1.29 is 9.53 Å². The van der Waals surface area contributed by atoms with Crippen LogP contribution < -0.4 is 0 Å². The van der Waals surface area contributed by atoms with Crippen molar-refractivity contribution >= 4 is 5.97 Å². The van der Waals surface area contributed by atoms with Gasteiger partial charge in [0.2, 0.25) is 0 Å². The van der Waals surface area contributed by atoms with Gasteiger partial charge in [-0.25, -0.2) is 0 Å². The first kappa shape index (κ1) is 18.9. The van der Waals surface area contributed by atoms with Gasteiger partial charge >= 0.3 is 5.97 Å². The molecule has 0 fully saturated rings. The van der Waals surface area contributed by atoms with E-state index < -0.39 is 0 Å². The van der Waals surface area contributed by atoms with E-state index in [2.05, 4.69) is 36.0 Å². The van der Waals surface area contributed by atoms with Crippen LogP contribution in [0.2, 0.25) is 0 Å². The highest BCUT2D eigenvalue weighted by molar-refractivity contribution is 5.68. The van der Waals surface area contributed by atoms with Crippen molar-refractivity contribution in [2.24, 2.45) is 0 Å². The van der Waals surface area contributed by atoms with Gasteiger partial charge in [-0.05, 0) is 38.5 Å². The third-order valence-corrected chi connectivity index (χ3v) is 3.31. The summed E-state index contributed by atoms with van der Waals surface area (Å²) in [6.45, 7) is 2.24. The van der Waals surface area contributed by atoms with Crippen LogP contribution in [0.3, 0.4) is 0 Å². The second-order valence-corrected chi connectivity index (χ2v) is 5.20. The fourth-order valence-corrected chi connectivity index (χ4v) is 2.01. The number of allylic oxidation sites excluding steroid dienone is 4. The van der Waals surface area contributed by atoms with Gasteiger partial charge in [0.1, 0.15) is 0 Å². The second kappa shape index (κ2) is 16.0. The molecule has 0 rings (SSSR count). The Hall–Kier alpha value is -1.05. The molecule has 116 valence electrons. The molecule has 0 atom stereocenters. The van der Waals surface area contributed by atoms with E-state index in [1.807, 2.05) is 0 Å². The molecule has 0 aromatic heterocycles. The predicted molar refractivity (Wildman–Crippen MR) is 86.8 cm³/mol. The summed E-state index contributed by atoms with van der Waals surface area (Å²) in [4.78, 5) is 10.9. The molecular formula is C18H32O2. The quantitative estimate of drug-likeness (QED) is 0.250. The van der Waals surface area contributed by atoms with E-state index in [1.165, 1.54) is 45.6 Å². The van der Waals surface area contributed by atoms with E-state index in [0.717, 1.165) is 25.7 Å². The molecule has 2 nitrogen and oxygen atoms in total. The zero-order valence-electron chi connectivity index (χ0n) is 13.4. The number of carbonyl (C=O) groups is 1. The van der Waals surface area contributed by atoms with E-state index in [1.54, 1.807) is 0 Å². The van der Waals surface area contributed by atoms with Gasteiger partial charge in [0, 0.05) is 6.42 Å². The van der Waals surface area contributed by atoms with E-state index in [9.17, 15) is 4.79 Å². The molecule has 0 bridgehead atoms. The topological polar surface area (TPSA) is 26.3 Å². The molecule has 0 amide bonds. The second-order valence-electron chi connectivity index (χ2n) is 5.20. The molecule has 0 aliphatic rings. The van der Waals surface area contributed by atoms with Gasteiger partial charge in [0.25, 0.3) is 0 Å². The Labute approximate surface area is 125 Å². The molecule has 0 spiro atoms. The lowest BCUT2D eigenvalue weighted by molar-refractivity contribution is -0.140. The molecule has 0 saturated carbocycles. The van der Waals surface area contributed by atoms with Crippen LogP contribution in [-0.4, -0.2) is 13.1 Å². The summed E-state index contributed by atoms with van der Waals surface area (Å²) in [6.07, 6.45) is 21.6. The van der Waals surface area contributed by atoms with Crippen LogP contribution in [0.15, 0.2) is 24.3 Å². The summed E-state index contributed by atoms with van der Waals surface area (Å²) in [5.41, 5.74) is 0. The van der Waals surface area contributed by atoms with Crippen LogP contribution in [-0.2, 0) is 9.53 Å². The predicted octanol–water partition coefficient (Wildman–Crippen LogP) is 5.58. The van der Waals surface area contributed by atoms with Crippen molar-refractivity contribution in [1.29, 1.82) is 0 Å². The molecule has 0 aliphatic carbocycles. The van der Waals surface area contributed by atoms with Crippen molar-refractivity contribution in [2.75, 3.05) is 7.11 Å². The summed E-state index contributed by atoms with van der Waals surface area (Å²) in [5, 5.41) is 0. The Morgan fingerprint density at radius 2 is 1.45 bits per heavy atom. The first-order valence-corrected chi connectivity index (χ1v) is 8.18. The minimum absolute atomic E-state index is 0.0874. The van der Waals surface area contributed by atoms with E-state index in [4.69, 9.17) is 0 Å². The molecule has 0 saturated heterocycles. The Balaban J connectivity index is 3.21. The number of hydrogen-bond acceptors (Lipinski definition) is 2. The first-order chi connectivity index (χ1) is 9.81. The van der Waals surface area contributed by atoms with Crippen molar-refractivity contribution in [3.05, 3.63) is 24.3 Å². The number of esters is 1. The van der Waals surface area contributed by atoms with E-state index in [-0.39, 0.29) is 5.97 Å². The Bertz CT molecular complexity index is 267. The van der Waals surface area contributed by atoms with Crippen LogP contribution in [0.4, 0.5) is 0 Å². The van der Waals surface area contributed by atoms with Gasteiger partial charge < -0.3 is 4.74 Å². The molecular weight excluding hydrogens is 248 g/mol. The maximum absolute atomic E-state index is 10.9. The van der Waals surface area contributed by atoms with Crippen LogP contribution >= 0.6 is 0 Å². The monoisotopic (exact) mass is 280 g/mol. The van der Waals surface area contributed by atoms with Crippen molar-refractivity contribution in [1.82, 2.24) is 0 Å². The largest absolute Gasteiger partial charge is 0.469 e. The number of unbranched alkanes of at least 4 members (excludes halogenated alkanes) is 7. The van der Waals surface area contributed by atoms with Crippen LogP contribution in [0.5, 0.6) is 0 Å². The average Bonchev–Trinajstić information content (AvgIpc) is 2.47. The summed E-state index contributed by atoms with van der Waals surface area (Å²) >= 11 is 0. The Morgan fingerprint density at radius 1 is 0.850 bits per heavy atom. The summed E-state index contributed by atoms with van der Waals surface area (Å²) < 4.78 is 4.61. The standard InChI is InChI=1S/C18H32O2/c1-3-4-5-6-7-8-9-10-11-12-13-14-15-16-17-18(19)20-2/h7-8,10-11H,3-6,9,12-17H2,1-2H3/b8-7-,11-10-. The average molecular weight is 280 g/mol. The Morgan fingerprint density at radius 3 is 2.05 bits per heavy atom. The maximum Gasteiger partial charge on any atom is 0.305 e. The van der Waals surface area contributed by atoms with Gasteiger partial charge in [-0.2, -0.15) is 0 Å².